The van der Waals surface area contributed by atoms with Gasteiger partial charge in [0, 0.05) is 18.2 Å². The highest BCUT2D eigenvalue weighted by Gasteiger charge is 2.51. The highest BCUT2D eigenvalue weighted by atomic mass is 28.4. The van der Waals surface area contributed by atoms with E-state index in [0.717, 1.165) is 0 Å². The minimum atomic E-state index is -2.20. The molecule has 188 valence electrons. The van der Waals surface area contributed by atoms with Gasteiger partial charge in [-0.15, -0.1) is 6.58 Å². The molecule has 1 N–H and O–H groups in total. The fraction of sp³-hybridized carbons (Fsp3) is 0.750. The number of allylic oxidation sites excluding steroid dienone is 1. The molecular formula is C24H44N2O5Si2. The number of H-pyrrole nitrogens is 1. The molecule has 1 aromatic heterocycles. The molecule has 0 radical (unpaired) electrons. The number of nitrogens with zero attached hydrogens (tertiary/aromatic N) is 1. The van der Waals surface area contributed by atoms with Gasteiger partial charge >= 0.3 is 5.69 Å². The molecule has 9 heteroatoms. The van der Waals surface area contributed by atoms with E-state index >= 15 is 0 Å². The Morgan fingerprint density at radius 1 is 1.09 bits per heavy atom. The molecule has 7 nitrogen and oxygen atoms in total. The van der Waals surface area contributed by atoms with E-state index in [1.165, 1.54) is 16.8 Å². The fourth-order valence-electron chi connectivity index (χ4n) is 3.44. The van der Waals surface area contributed by atoms with Gasteiger partial charge in [0.15, 0.2) is 22.9 Å². The van der Waals surface area contributed by atoms with Gasteiger partial charge < -0.3 is 13.6 Å². The van der Waals surface area contributed by atoms with Crippen LogP contribution in [0.2, 0.25) is 36.3 Å². The Morgan fingerprint density at radius 2 is 1.67 bits per heavy atom. The summed E-state index contributed by atoms with van der Waals surface area (Å²) in [6, 6.07) is 1.34. The van der Waals surface area contributed by atoms with Crippen molar-refractivity contribution in [1.29, 1.82) is 0 Å². The molecular weight excluding hydrogens is 452 g/mol. The third kappa shape index (κ3) is 6.25. The van der Waals surface area contributed by atoms with Gasteiger partial charge in [-0.05, 0) is 42.7 Å². The normalized spacial score (nSPS) is 24.8. The largest absolute Gasteiger partial charge is 0.414 e. The zero-order chi connectivity index (χ0) is 25.4. The molecule has 2 heterocycles. The van der Waals surface area contributed by atoms with Crippen LogP contribution in [0.4, 0.5) is 0 Å². The van der Waals surface area contributed by atoms with Crippen LogP contribution in [0.15, 0.2) is 34.5 Å². The van der Waals surface area contributed by atoms with Gasteiger partial charge in [-0.2, -0.15) is 0 Å². The SMILES string of the molecule is C=CC[C@H]1[C@@H](O[Si](C)(C)C(C)(C)C)[C@H](n2ccc(=O)[nH]c2=O)O[C@@H]1CO[Si](C)(C)C(C)(C)C. The third-order valence-electron chi connectivity index (χ3n) is 7.71. The van der Waals surface area contributed by atoms with Crippen molar-refractivity contribution < 1.29 is 13.6 Å². The smallest absolute Gasteiger partial charge is 0.330 e. The Kier molecular flexibility index (Phi) is 8.28. The highest BCUT2D eigenvalue weighted by molar-refractivity contribution is 6.74. The van der Waals surface area contributed by atoms with E-state index in [0.29, 0.717) is 13.0 Å². The second-order valence-corrected chi connectivity index (χ2v) is 21.8. The van der Waals surface area contributed by atoms with Crippen LogP contribution in [0.1, 0.15) is 54.2 Å². The monoisotopic (exact) mass is 496 g/mol. The van der Waals surface area contributed by atoms with Crippen molar-refractivity contribution in [2.45, 2.75) is 103 Å². The number of ether oxygens (including phenoxy) is 1. The van der Waals surface area contributed by atoms with Gasteiger partial charge in [-0.3, -0.25) is 14.3 Å². The fourth-order valence-corrected chi connectivity index (χ4v) is 5.78. The van der Waals surface area contributed by atoms with Crippen molar-refractivity contribution in [3.05, 3.63) is 45.8 Å². The van der Waals surface area contributed by atoms with Crippen LogP contribution < -0.4 is 11.2 Å². The summed E-state index contributed by atoms with van der Waals surface area (Å²) in [5.41, 5.74) is -0.934. The lowest BCUT2D eigenvalue weighted by molar-refractivity contribution is -0.0494. The predicted molar refractivity (Wildman–Crippen MR) is 139 cm³/mol. The lowest BCUT2D eigenvalue weighted by Crippen LogP contribution is -2.48. The first-order valence-electron chi connectivity index (χ1n) is 11.8. The standard InChI is InChI=1S/C24H44N2O5Si2/c1-12-13-17-18(16-29-32(8,9)23(2,3)4)30-21(26-15-14-19(27)25-22(26)28)20(17)31-33(10,11)24(5,6)7/h12,14-15,17-18,20-21H,1,13,16H2,2-11H3,(H,25,27,28)/t17-,18-,20-,21-/m1/s1. The molecule has 0 unspecified atom stereocenters. The van der Waals surface area contributed by atoms with Crippen LogP contribution >= 0.6 is 0 Å². The average molecular weight is 497 g/mol. The number of hydrogen-bond donors (Lipinski definition) is 1. The predicted octanol–water partition coefficient (Wildman–Crippen LogP) is 5.04. The van der Waals surface area contributed by atoms with Crippen molar-refractivity contribution in [2.75, 3.05) is 6.61 Å². The second-order valence-electron chi connectivity index (χ2n) is 12.2. The summed E-state index contributed by atoms with van der Waals surface area (Å²) in [6.07, 6.45) is 2.79. The van der Waals surface area contributed by atoms with Crippen LogP contribution in [-0.4, -0.2) is 45.0 Å². The van der Waals surface area contributed by atoms with E-state index in [1.54, 1.807) is 0 Å². The molecule has 0 aromatic carbocycles. The lowest BCUT2D eigenvalue weighted by Gasteiger charge is -2.41. The van der Waals surface area contributed by atoms with E-state index in [-0.39, 0.29) is 28.2 Å². The second kappa shape index (κ2) is 9.77. The van der Waals surface area contributed by atoms with Crippen molar-refractivity contribution >= 4 is 16.6 Å². The van der Waals surface area contributed by atoms with Gasteiger partial charge in [0.25, 0.3) is 5.56 Å². The summed E-state index contributed by atoms with van der Waals surface area (Å²) < 4.78 is 21.4. The summed E-state index contributed by atoms with van der Waals surface area (Å²) in [4.78, 5) is 26.7. The molecule has 1 aliphatic rings. The van der Waals surface area contributed by atoms with E-state index in [4.69, 9.17) is 13.6 Å². The van der Waals surface area contributed by atoms with Crippen molar-refractivity contribution in [1.82, 2.24) is 9.55 Å². The number of rotatable bonds is 8. The molecule has 0 aliphatic carbocycles. The molecule has 0 spiro atoms. The van der Waals surface area contributed by atoms with Crippen molar-refractivity contribution in [3.8, 4) is 0 Å². The van der Waals surface area contributed by atoms with Crippen LogP contribution in [0.5, 0.6) is 0 Å². The van der Waals surface area contributed by atoms with Crippen molar-refractivity contribution in [2.24, 2.45) is 5.92 Å². The molecule has 1 fully saturated rings. The Morgan fingerprint density at radius 3 is 2.15 bits per heavy atom. The third-order valence-corrected chi connectivity index (χ3v) is 16.7. The zero-order valence-corrected chi connectivity index (χ0v) is 24.2. The van der Waals surface area contributed by atoms with E-state index < -0.39 is 34.1 Å². The molecule has 33 heavy (non-hydrogen) atoms. The number of aromatic amines is 1. The summed E-state index contributed by atoms with van der Waals surface area (Å²) in [6.45, 7) is 26.4. The molecule has 0 bridgehead atoms. The lowest BCUT2D eigenvalue weighted by atomic mass is 9.94. The van der Waals surface area contributed by atoms with Crippen LogP contribution in [0.3, 0.4) is 0 Å². The van der Waals surface area contributed by atoms with Crippen LogP contribution in [0.25, 0.3) is 0 Å². The first kappa shape index (κ1) is 28.0. The van der Waals surface area contributed by atoms with Crippen LogP contribution in [0, 0.1) is 5.92 Å². The molecule has 4 atom stereocenters. The first-order chi connectivity index (χ1) is 14.9. The topological polar surface area (TPSA) is 82.6 Å². The molecule has 1 aliphatic heterocycles. The summed E-state index contributed by atoms with van der Waals surface area (Å²) in [7, 11) is -4.19. The first-order valence-corrected chi connectivity index (χ1v) is 17.6. The van der Waals surface area contributed by atoms with Gasteiger partial charge in [0.05, 0.1) is 18.8 Å². The Labute approximate surface area is 200 Å². The molecule has 1 aromatic rings. The van der Waals surface area contributed by atoms with E-state index in [9.17, 15) is 9.59 Å². The minimum absolute atomic E-state index is 0.0119. The maximum Gasteiger partial charge on any atom is 0.330 e. The van der Waals surface area contributed by atoms with Gasteiger partial charge in [0.2, 0.25) is 0 Å². The van der Waals surface area contributed by atoms with Gasteiger partial charge in [0.1, 0.15) is 0 Å². The Bertz CT molecular complexity index is 940. The summed E-state index contributed by atoms with van der Waals surface area (Å²) >= 11 is 0. The molecule has 0 amide bonds. The van der Waals surface area contributed by atoms with Gasteiger partial charge in [-0.25, -0.2) is 4.79 Å². The van der Waals surface area contributed by atoms with Crippen molar-refractivity contribution in [3.63, 3.8) is 0 Å². The van der Waals surface area contributed by atoms with Crippen LogP contribution in [-0.2, 0) is 13.6 Å². The summed E-state index contributed by atoms with van der Waals surface area (Å²) in [5.74, 6) is -0.0229. The summed E-state index contributed by atoms with van der Waals surface area (Å²) in [5, 5.41) is 0.0633. The highest BCUT2D eigenvalue weighted by Crippen LogP contribution is 2.45. The van der Waals surface area contributed by atoms with E-state index in [2.05, 4.69) is 79.3 Å². The maximum atomic E-state index is 12.7. The number of aromatic nitrogens is 2. The molecule has 0 saturated carbocycles. The molecule has 2 rings (SSSR count). The Hall–Kier alpha value is -1.27. The van der Waals surface area contributed by atoms with E-state index in [1.807, 2.05) is 6.08 Å². The number of nitrogens with one attached hydrogen (secondary N) is 1. The minimum Gasteiger partial charge on any atom is -0.414 e. The molecule has 1 saturated heterocycles. The maximum absolute atomic E-state index is 12.7. The van der Waals surface area contributed by atoms with Gasteiger partial charge in [-0.1, -0.05) is 47.6 Å². The number of hydrogen-bond acceptors (Lipinski definition) is 5. The average Bonchev–Trinajstić information content (AvgIpc) is 2.95. The Balaban J connectivity index is 2.48. The quantitative estimate of drug-likeness (QED) is 0.403. The zero-order valence-electron chi connectivity index (χ0n) is 22.2.